The lowest BCUT2D eigenvalue weighted by atomic mass is 10.1. The van der Waals surface area contributed by atoms with Crippen LogP contribution in [0.4, 0.5) is 0 Å². The van der Waals surface area contributed by atoms with Gasteiger partial charge in [-0.2, -0.15) is 5.10 Å². The number of aryl methyl sites for hydroxylation is 1. The van der Waals surface area contributed by atoms with Gasteiger partial charge >= 0.3 is 0 Å². The topological polar surface area (TPSA) is 78.7 Å². The molecule has 1 aliphatic heterocycles. The third-order valence-electron chi connectivity index (χ3n) is 4.50. The lowest BCUT2D eigenvalue weighted by Crippen LogP contribution is -2.33. The monoisotopic (exact) mass is 344 g/mol. The number of aliphatic hydroxyl groups is 1. The van der Waals surface area contributed by atoms with Crippen LogP contribution >= 0.6 is 0 Å². The minimum atomic E-state index is -3.29. The number of rotatable bonds is 7. The Hall–Kier alpha value is -0.960. The zero-order valence-corrected chi connectivity index (χ0v) is 15.3. The first-order valence-electron chi connectivity index (χ1n) is 8.06. The molecule has 0 saturated carbocycles. The van der Waals surface area contributed by atoms with Gasteiger partial charge in [-0.3, -0.25) is 9.58 Å². The van der Waals surface area contributed by atoms with E-state index >= 15 is 0 Å². The first-order valence-corrected chi connectivity index (χ1v) is 9.67. The average Bonchev–Trinajstić information content (AvgIpc) is 2.96. The Morgan fingerprint density at radius 1 is 1.39 bits per heavy atom. The number of β-amino-alcohol motifs (C(OH)–C–C–N with tert-alkyl or cyclic N) is 1. The van der Waals surface area contributed by atoms with E-state index in [-0.39, 0.29) is 11.7 Å². The number of sulfonamides is 1. The van der Waals surface area contributed by atoms with E-state index in [0.717, 1.165) is 24.2 Å². The lowest BCUT2D eigenvalue weighted by Gasteiger charge is -2.18. The molecular formula is C15H28N4O3S. The Morgan fingerprint density at radius 2 is 2.09 bits per heavy atom. The Balaban J connectivity index is 1.99. The summed E-state index contributed by atoms with van der Waals surface area (Å²) < 4.78 is 27.2. The van der Waals surface area contributed by atoms with E-state index in [4.69, 9.17) is 0 Å². The fourth-order valence-corrected chi connectivity index (χ4v) is 4.14. The summed E-state index contributed by atoms with van der Waals surface area (Å²) >= 11 is 0. The Labute approximate surface area is 138 Å². The molecule has 23 heavy (non-hydrogen) atoms. The standard InChI is InChI=1S/C15H28N4O3S/c1-5-6-19-12(2)13(7-16-19)8-18-9-14(15(20)10-18)11-23(21,22)17(3)4/h7,14-15,20H,5-6,8-11H2,1-4H3/t14-,15+/m0/s1. The normalized spacial score (nSPS) is 23.0. The maximum Gasteiger partial charge on any atom is 0.214 e. The number of hydrogen-bond donors (Lipinski definition) is 1. The SMILES string of the molecule is CCCn1ncc(CN2C[C@@H](CS(=O)(=O)N(C)C)[C@H](O)C2)c1C. The van der Waals surface area contributed by atoms with Crippen molar-refractivity contribution in [3.63, 3.8) is 0 Å². The summed E-state index contributed by atoms with van der Waals surface area (Å²) in [4.78, 5) is 2.11. The van der Waals surface area contributed by atoms with Gasteiger partial charge in [0.25, 0.3) is 0 Å². The first kappa shape index (κ1) is 18.4. The quantitative estimate of drug-likeness (QED) is 0.769. The molecule has 0 bridgehead atoms. The number of aromatic nitrogens is 2. The molecule has 2 rings (SSSR count). The molecular weight excluding hydrogens is 316 g/mol. The smallest absolute Gasteiger partial charge is 0.214 e. The van der Waals surface area contributed by atoms with Crippen molar-refractivity contribution in [2.45, 2.75) is 39.5 Å². The molecule has 1 N–H and O–H groups in total. The van der Waals surface area contributed by atoms with Crippen molar-refractivity contribution in [1.29, 1.82) is 0 Å². The fourth-order valence-electron chi connectivity index (χ4n) is 2.97. The summed E-state index contributed by atoms with van der Waals surface area (Å²) in [6.07, 6.45) is 2.31. The molecule has 0 amide bonds. The molecule has 7 nitrogen and oxygen atoms in total. The van der Waals surface area contributed by atoms with Crippen molar-refractivity contribution >= 4 is 10.0 Å². The molecule has 1 saturated heterocycles. The highest BCUT2D eigenvalue weighted by Gasteiger charge is 2.35. The van der Waals surface area contributed by atoms with Crippen LogP contribution in [0.25, 0.3) is 0 Å². The maximum absolute atomic E-state index is 12.0. The van der Waals surface area contributed by atoms with E-state index in [2.05, 4.69) is 23.8 Å². The first-order chi connectivity index (χ1) is 10.7. The van der Waals surface area contributed by atoms with Crippen molar-refractivity contribution in [2.75, 3.05) is 32.9 Å². The van der Waals surface area contributed by atoms with E-state index in [0.29, 0.717) is 19.6 Å². The van der Waals surface area contributed by atoms with Crippen LogP contribution in [0.3, 0.4) is 0 Å². The summed E-state index contributed by atoms with van der Waals surface area (Å²) in [5.41, 5.74) is 2.28. The number of nitrogens with zero attached hydrogens (tertiary/aromatic N) is 4. The molecule has 132 valence electrons. The van der Waals surface area contributed by atoms with Gasteiger partial charge < -0.3 is 5.11 Å². The van der Waals surface area contributed by atoms with E-state index < -0.39 is 16.1 Å². The highest BCUT2D eigenvalue weighted by Crippen LogP contribution is 2.22. The van der Waals surface area contributed by atoms with Gasteiger partial charge in [0.2, 0.25) is 10.0 Å². The van der Waals surface area contributed by atoms with Crippen LogP contribution in [-0.4, -0.2) is 71.6 Å². The summed E-state index contributed by atoms with van der Waals surface area (Å²) in [5, 5.41) is 14.6. The summed E-state index contributed by atoms with van der Waals surface area (Å²) in [6, 6.07) is 0. The number of hydrogen-bond acceptors (Lipinski definition) is 5. The maximum atomic E-state index is 12.0. The van der Waals surface area contributed by atoms with Gasteiger partial charge in [0.15, 0.2) is 0 Å². The van der Waals surface area contributed by atoms with E-state index in [1.807, 2.05) is 10.9 Å². The Morgan fingerprint density at radius 3 is 2.70 bits per heavy atom. The summed E-state index contributed by atoms with van der Waals surface area (Å²) in [6.45, 7) is 6.87. The molecule has 0 spiro atoms. The predicted octanol–water partition coefficient (Wildman–Crippen LogP) is 0.286. The summed E-state index contributed by atoms with van der Waals surface area (Å²) in [5.74, 6) is -0.250. The highest BCUT2D eigenvalue weighted by molar-refractivity contribution is 7.89. The van der Waals surface area contributed by atoms with Gasteiger partial charge in [-0.05, 0) is 13.3 Å². The van der Waals surface area contributed by atoms with Crippen LogP contribution in [0.15, 0.2) is 6.20 Å². The van der Waals surface area contributed by atoms with Crippen molar-refractivity contribution in [3.05, 3.63) is 17.5 Å². The van der Waals surface area contributed by atoms with Crippen LogP contribution in [0, 0.1) is 12.8 Å². The van der Waals surface area contributed by atoms with E-state index in [9.17, 15) is 13.5 Å². The van der Waals surface area contributed by atoms with Crippen LogP contribution in [0.2, 0.25) is 0 Å². The third-order valence-corrected chi connectivity index (χ3v) is 6.46. The largest absolute Gasteiger partial charge is 0.391 e. The van der Waals surface area contributed by atoms with Crippen LogP contribution in [0.1, 0.15) is 24.6 Å². The molecule has 1 fully saturated rings. The van der Waals surface area contributed by atoms with Gasteiger partial charge in [0, 0.05) is 57.4 Å². The van der Waals surface area contributed by atoms with Crippen molar-refractivity contribution in [1.82, 2.24) is 19.0 Å². The molecule has 1 aromatic heterocycles. The van der Waals surface area contributed by atoms with Crippen molar-refractivity contribution in [3.8, 4) is 0 Å². The van der Waals surface area contributed by atoms with Gasteiger partial charge in [-0.15, -0.1) is 0 Å². The molecule has 0 unspecified atom stereocenters. The second-order valence-corrected chi connectivity index (χ2v) is 8.79. The van der Waals surface area contributed by atoms with Gasteiger partial charge in [0.05, 0.1) is 18.1 Å². The third kappa shape index (κ3) is 4.32. The molecule has 0 radical (unpaired) electrons. The highest BCUT2D eigenvalue weighted by atomic mass is 32.2. The van der Waals surface area contributed by atoms with E-state index in [1.54, 1.807) is 0 Å². The van der Waals surface area contributed by atoms with Crippen LogP contribution in [0.5, 0.6) is 0 Å². The van der Waals surface area contributed by atoms with Crippen molar-refractivity contribution in [2.24, 2.45) is 5.92 Å². The van der Waals surface area contributed by atoms with Gasteiger partial charge in [0.1, 0.15) is 0 Å². The second kappa shape index (κ2) is 7.29. The minimum absolute atomic E-state index is 0.00819. The molecule has 0 aromatic carbocycles. The fraction of sp³-hybridized carbons (Fsp3) is 0.800. The lowest BCUT2D eigenvalue weighted by molar-refractivity contribution is 0.148. The number of likely N-dealkylation sites (tertiary alicyclic amines) is 1. The molecule has 2 atom stereocenters. The Bertz CT molecular complexity index is 627. The zero-order valence-electron chi connectivity index (χ0n) is 14.4. The minimum Gasteiger partial charge on any atom is -0.391 e. The molecule has 8 heteroatoms. The summed E-state index contributed by atoms with van der Waals surface area (Å²) in [7, 11) is -0.237. The van der Waals surface area contributed by atoms with Gasteiger partial charge in [-0.25, -0.2) is 12.7 Å². The molecule has 0 aliphatic carbocycles. The molecule has 2 heterocycles. The van der Waals surface area contributed by atoms with Crippen LogP contribution < -0.4 is 0 Å². The zero-order chi connectivity index (χ0) is 17.2. The van der Waals surface area contributed by atoms with E-state index in [1.165, 1.54) is 18.4 Å². The average molecular weight is 344 g/mol. The molecule has 1 aliphatic rings. The van der Waals surface area contributed by atoms with Crippen LogP contribution in [-0.2, 0) is 23.1 Å². The second-order valence-electron chi connectivity index (χ2n) is 6.56. The predicted molar refractivity (Wildman–Crippen MR) is 89.5 cm³/mol. The van der Waals surface area contributed by atoms with Gasteiger partial charge in [-0.1, -0.05) is 6.92 Å². The van der Waals surface area contributed by atoms with Crippen molar-refractivity contribution < 1.29 is 13.5 Å². The number of aliphatic hydroxyl groups excluding tert-OH is 1. The molecule has 1 aromatic rings. The Kier molecular flexibility index (Phi) is 5.83.